The number of unbranched alkanes of at least 4 members (excludes halogenated alkanes) is 14. The van der Waals surface area contributed by atoms with Gasteiger partial charge in [0.25, 0.3) is 5.91 Å². The van der Waals surface area contributed by atoms with Crippen LogP contribution in [0.25, 0.3) is 0 Å². The smallest absolute Gasteiger partial charge is 0.251 e. The number of anilines is 1. The second-order valence-corrected chi connectivity index (χ2v) is 9.49. The number of rotatable bonds is 22. The van der Waals surface area contributed by atoms with E-state index in [1.165, 1.54) is 83.5 Å². The molecule has 0 unspecified atom stereocenters. The SMILES string of the molecule is CCCCCCCCCCCCCCCCNC(=O)CNc1cccc(C(=O)NCCCC)c1. The van der Waals surface area contributed by atoms with Crippen LogP contribution in [0.1, 0.15) is 127 Å². The summed E-state index contributed by atoms with van der Waals surface area (Å²) in [6.45, 7) is 6.02. The first-order chi connectivity index (χ1) is 16.7. The summed E-state index contributed by atoms with van der Waals surface area (Å²) in [5.74, 6) is -0.0770. The van der Waals surface area contributed by atoms with Crippen molar-refractivity contribution < 1.29 is 9.59 Å². The van der Waals surface area contributed by atoms with Crippen molar-refractivity contribution in [2.45, 2.75) is 117 Å². The molecule has 5 nitrogen and oxygen atoms in total. The molecule has 0 aliphatic rings. The van der Waals surface area contributed by atoms with Crippen molar-refractivity contribution in [3.8, 4) is 0 Å². The predicted octanol–water partition coefficient (Wildman–Crippen LogP) is 7.23. The number of carbonyl (C=O) groups excluding carboxylic acids is 2. The van der Waals surface area contributed by atoms with E-state index in [0.717, 1.165) is 31.5 Å². The summed E-state index contributed by atoms with van der Waals surface area (Å²) in [4.78, 5) is 24.3. The first-order valence-electron chi connectivity index (χ1n) is 14.1. The monoisotopic (exact) mass is 473 g/mol. The van der Waals surface area contributed by atoms with Gasteiger partial charge >= 0.3 is 0 Å². The Morgan fingerprint density at radius 3 is 1.76 bits per heavy atom. The van der Waals surface area contributed by atoms with Crippen LogP contribution >= 0.6 is 0 Å². The molecule has 0 saturated carbocycles. The van der Waals surface area contributed by atoms with E-state index in [0.29, 0.717) is 12.1 Å². The maximum absolute atomic E-state index is 12.2. The van der Waals surface area contributed by atoms with Gasteiger partial charge in [-0.05, 0) is 31.0 Å². The average molecular weight is 474 g/mol. The second kappa shape index (κ2) is 21.5. The van der Waals surface area contributed by atoms with E-state index in [1.54, 1.807) is 12.1 Å². The highest BCUT2D eigenvalue weighted by Crippen LogP contribution is 2.13. The molecule has 0 radical (unpaired) electrons. The fourth-order valence-corrected chi connectivity index (χ4v) is 4.04. The third-order valence-electron chi connectivity index (χ3n) is 6.25. The van der Waals surface area contributed by atoms with Gasteiger partial charge in [-0.1, -0.05) is 110 Å². The largest absolute Gasteiger partial charge is 0.376 e. The first kappa shape index (κ1) is 30.0. The Morgan fingerprint density at radius 1 is 0.647 bits per heavy atom. The van der Waals surface area contributed by atoms with Crippen LogP contribution < -0.4 is 16.0 Å². The zero-order valence-electron chi connectivity index (χ0n) is 22.1. The molecule has 1 aromatic rings. The molecular formula is C29H51N3O2. The lowest BCUT2D eigenvalue weighted by Crippen LogP contribution is -2.30. The van der Waals surface area contributed by atoms with Gasteiger partial charge < -0.3 is 16.0 Å². The zero-order chi connectivity index (χ0) is 24.7. The topological polar surface area (TPSA) is 70.2 Å². The fourth-order valence-electron chi connectivity index (χ4n) is 4.04. The quantitative estimate of drug-likeness (QED) is 0.156. The van der Waals surface area contributed by atoms with Crippen molar-refractivity contribution in [2.75, 3.05) is 25.0 Å². The molecule has 2 amide bonds. The molecule has 194 valence electrons. The Morgan fingerprint density at radius 2 is 1.18 bits per heavy atom. The molecule has 3 N–H and O–H groups in total. The van der Waals surface area contributed by atoms with Crippen molar-refractivity contribution in [1.82, 2.24) is 10.6 Å². The summed E-state index contributed by atoms with van der Waals surface area (Å²) in [6, 6.07) is 7.30. The molecule has 0 heterocycles. The number of hydrogen-bond acceptors (Lipinski definition) is 3. The summed E-state index contributed by atoms with van der Waals surface area (Å²) in [7, 11) is 0. The molecule has 0 aliphatic heterocycles. The van der Waals surface area contributed by atoms with Crippen LogP contribution in [0.4, 0.5) is 5.69 Å². The molecular weight excluding hydrogens is 422 g/mol. The van der Waals surface area contributed by atoms with E-state index in [9.17, 15) is 9.59 Å². The Labute approximate surface area is 209 Å². The third kappa shape index (κ3) is 16.6. The third-order valence-corrected chi connectivity index (χ3v) is 6.25. The lowest BCUT2D eigenvalue weighted by Gasteiger charge is -2.10. The molecule has 0 saturated heterocycles. The number of benzene rings is 1. The summed E-state index contributed by atoms with van der Waals surface area (Å²) in [5, 5.41) is 9.02. The average Bonchev–Trinajstić information content (AvgIpc) is 2.85. The van der Waals surface area contributed by atoms with Gasteiger partial charge in [0, 0.05) is 24.3 Å². The minimum absolute atomic E-state index is 0.00695. The number of hydrogen-bond donors (Lipinski definition) is 3. The Kier molecular flexibility index (Phi) is 19.0. The lowest BCUT2D eigenvalue weighted by molar-refractivity contribution is -0.119. The standard InChI is InChI=1S/C29H51N3O2/c1-3-5-7-8-9-10-11-12-13-14-15-16-17-18-23-30-28(33)25-32-27-21-19-20-26(24-27)29(34)31-22-6-4-2/h19-21,24,32H,3-18,22-23,25H2,1-2H3,(H,30,33)(H,31,34). The number of carbonyl (C=O) groups is 2. The highest BCUT2D eigenvalue weighted by molar-refractivity contribution is 5.95. The van der Waals surface area contributed by atoms with Gasteiger partial charge in [0.05, 0.1) is 6.54 Å². The van der Waals surface area contributed by atoms with Gasteiger partial charge in [0.2, 0.25) is 5.91 Å². The van der Waals surface area contributed by atoms with Gasteiger partial charge in [-0.2, -0.15) is 0 Å². The van der Waals surface area contributed by atoms with Crippen LogP contribution in [-0.4, -0.2) is 31.4 Å². The van der Waals surface area contributed by atoms with Crippen molar-refractivity contribution in [1.29, 1.82) is 0 Å². The van der Waals surface area contributed by atoms with E-state index < -0.39 is 0 Å². The molecule has 0 spiro atoms. The molecule has 0 fully saturated rings. The number of nitrogens with one attached hydrogen (secondary N) is 3. The van der Waals surface area contributed by atoms with Crippen LogP contribution in [0, 0.1) is 0 Å². The van der Waals surface area contributed by atoms with E-state index in [4.69, 9.17) is 0 Å². The molecule has 1 aromatic carbocycles. The lowest BCUT2D eigenvalue weighted by atomic mass is 10.0. The highest BCUT2D eigenvalue weighted by atomic mass is 16.2. The van der Waals surface area contributed by atoms with Crippen LogP contribution in [0.2, 0.25) is 0 Å². The van der Waals surface area contributed by atoms with E-state index >= 15 is 0 Å². The summed E-state index contributed by atoms with van der Waals surface area (Å²) in [5.41, 5.74) is 1.40. The van der Waals surface area contributed by atoms with Gasteiger partial charge in [-0.25, -0.2) is 0 Å². The summed E-state index contributed by atoms with van der Waals surface area (Å²) >= 11 is 0. The Bertz CT molecular complexity index is 648. The van der Waals surface area contributed by atoms with Crippen molar-refractivity contribution in [3.63, 3.8) is 0 Å². The van der Waals surface area contributed by atoms with Crippen molar-refractivity contribution in [2.24, 2.45) is 0 Å². The number of amides is 2. The summed E-state index contributed by atoms with van der Waals surface area (Å²) < 4.78 is 0. The normalized spacial score (nSPS) is 10.8. The van der Waals surface area contributed by atoms with Gasteiger partial charge in [0.15, 0.2) is 0 Å². The van der Waals surface area contributed by atoms with Crippen molar-refractivity contribution >= 4 is 17.5 Å². The Hall–Kier alpha value is -2.04. The molecule has 0 atom stereocenters. The zero-order valence-corrected chi connectivity index (χ0v) is 22.1. The molecule has 0 aliphatic carbocycles. The molecule has 34 heavy (non-hydrogen) atoms. The first-order valence-corrected chi connectivity index (χ1v) is 14.1. The maximum Gasteiger partial charge on any atom is 0.251 e. The van der Waals surface area contributed by atoms with E-state index in [2.05, 4.69) is 29.8 Å². The van der Waals surface area contributed by atoms with Gasteiger partial charge in [-0.3, -0.25) is 9.59 Å². The Balaban J connectivity index is 1.97. The fraction of sp³-hybridized carbons (Fsp3) is 0.724. The van der Waals surface area contributed by atoms with Gasteiger partial charge in [-0.15, -0.1) is 0 Å². The van der Waals surface area contributed by atoms with Gasteiger partial charge in [0.1, 0.15) is 0 Å². The van der Waals surface area contributed by atoms with E-state index in [1.807, 2.05) is 12.1 Å². The predicted molar refractivity (Wildman–Crippen MR) is 145 cm³/mol. The van der Waals surface area contributed by atoms with E-state index in [-0.39, 0.29) is 18.4 Å². The van der Waals surface area contributed by atoms with Crippen molar-refractivity contribution in [3.05, 3.63) is 29.8 Å². The van der Waals surface area contributed by atoms with Crippen LogP contribution in [-0.2, 0) is 4.79 Å². The highest BCUT2D eigenvalue weighted by Gasteiger charge is 2.06. The maximum atomic E-state index is 12.2. The second-order valence-electron chi connectivity index (χ2n) is 9.49. The minimum atomic E-state index is -0.0700. The van der Waals surface area contributed by atoms with Crippen LogP contribution in [0.15, 0.2) is 24.3 Å². The molecule has 0 aromatic heterocycles. The minimum Gasteiger partial charge on any atom is -0.376 e. The molecule has 1 rings (SSSR count). The summed E-state index contributed by atoms with van der Waals surface area (Å²) in [6.07, 6.45) is 20.8. The molecule has 5 heteroatoms. The molecule has 0 bridgehead atoms. The van der Waals surface area contributed by atoms with Crippen LogP contribution in [0.5, 0.6) is 0 Å². The van der Waals surface area contributed by atoms with Crippen LogP contribution in [0.3, 0.4) is 0 Å².